The standard InChI is InChI=1S/C13H20N2O3S/c1-4-17-12(16)11-14-15-13(19-11)18-10-6-5-8(2)9(3)7-10/h8-10H,4-7H2,1-3H3. The number of aromatic nitrogens is 2. The summed E-state index contributed by atoms with van der Waals surface area (Å²) < 4.78 is 10.7. The van der Waals surface area contributed by atoms with E-state index >= 15 is 0 Å². The van der Waals surface area contributed by atoms with E-state index in [1.807, 2.05) is 0 Å². The average Bonchev–Trinajstić information content (AvgIpc) is 2.83. The molecule has 1 aliphatic rings. The molecule has 2 rings (SSSR count). The van der Waals surface area contributed by atoms with Gasteiger partial charge in [0.1, 0.15) is 6.10 Å². The Morgan fingerprint density at radius 3 is 2.79 bits per heavy atom. The van der Waals surface area contributed by atoms with Crippen LogP contribution in [0.3, 0.4) is 0 Å². The lowest BCUT2D eigenvalue weighted by atomic mass is 9.80. The predicted molar refractivity (Wildman–Crippen MR) is 72.5 cm³/mol. The summed E-state index contributed by atoms with van der Waals surface area (Å²) >= 11 is 1.16. The minimum absolute atomic E-state index is 0.189. The molecule has 1 saturated carbocycles. The van der Waals surface area contributed by atoms with Gasteiger partial charge in [-0.2, -0.15) is 0 Å². The van der Waals surface area contributed by atoms with Gasteiger partial charge in [0.2, 0.25) is 5.01 Å². The first-order chi connectivity index (χ1) is 9.10. The Kier molecular flexibility index (Phi) is 4.74. The first-order valence-corrected chi connectivity index (χ1v) is 7.59. The van der Waals surface area contributed by atoms with Gasteiger partial charge in [0.25, 0.3) is 5.19 Å². The van der Waals surface area contributed by atoms with Gasteiger partial charge in [-0.05, 0) is 49.4 Å². The normalized spacial score (nSPS) is 27.0. The molecule has 3 unspecified atom stereocenters. The Morgan fingerprint density at radius 1 is 1.32 bits per heavy atom. The maximum atomic E-state index is 11.5. The second kappa shape index (κ2) is 6.32. The molecular weight excluding hydrogens is 264 g/mol. The molecule has 0 aliphatic heterocycles. The van der Waals surface area contributed by atoms with Crippen LogP contribution in [0.25, 0.3) is 0 Å². The van der Waals surface area contributed by atoms with Gasteiger partial charge in [-0.25, -0.2) is 4.79 Å². The molecule has 0 spiro atoms. The summed E-state index contributed by atoms with van der Waals surface area (Å²) in [4.78, 5) is 11.5. The summed E-state index contributed by atoms with van der Waals surface area (Å²) in [6, 6.07) is 0. The van der Waals surface area contributed by atoms with Gasteiger partial charge in [-0.15, -0.1) is 5.10 Å². The number of ether oxygens (including phenoxy) is 2. The van der Waals surface area contributed by atoms with E-state index in [1.54, 1.807) is 6.92 Å². The number of hydrogen-bond donors (Lipinski definition) is 0. The van der Waals surface area contributed by atoms with Crippen LogP contribution < -0.4 is 4.74 Å². The maximum Gasteiger partial charge on any atom is 0.369 e. The van der Waals surface area contributed by atoms with Crippen LogP contribution in [0.5, 0.6) is 5.19 Å². The van der Waals surface area contributed by atoms with Crippen molar-refractivity contribution >= 4 is 17.3 Å². The molecule has 0 N–H and O–H groups in total. The molecule has 0 saturated heterocycles. The zero-order valence-corrected chi connectivity index (χ0v) is 12.4. The Balaban J connectivity index is 1.91. The van der Waals surface area contributed by atoms with E-state index in [2.05, 4.69) is 24.0 Å². The minimum atomic E-state index is -0.430. The quantitative estimate of drug-likeness (QED) is 0.796. The summed E-state index contributed by atoms with van der Waals surface area (Å²) in [5.41, 5.74) is 0. The van der Waals surface area contributed by atoms with Crippen LogP contribution in [0, 0.1) is 11.8 Å². The first-order valence-electron chi connectivity index (χ1n) is 6.77. The largest absolute Gasteiger partial charge is 0.466 e. The van der Waals surface area contributed by atoms with Crippen molar-refractivity contribution in [3.8, 4) is 5.19 Å². The van der Waals surface area contributed by atoms with E-state index in [1.165, 1.54) is 6.42 Å². The third-order valence-electron chi connectivity index (χ3n) is 3.67. The zero-order valence-electron chi connectivity index (χ0n) is 11.6. The van der Waals surface area contributed by atoms with Crippen molar-refractivity contribution in [1.29, 1.82) is 0 Å². The molecule has 1 aliphatic carbocycles. The molecule has 1 aromatic heterocycles. The highest BCUT2D eigenvalue weighted by Gasteiger charge is 2.27. The summed E-state index contributed by atoms with van der Waals surface area (Å²) in [7, 11) is 0. The first kappa shape index (κ1) is 14.2. The highest BCUT2D eigenvalue weighted by molar-refractivity contribution is 7.14. The molecule has 3 atom stereocenters. The van der Waals surface area contributed by atoms with Gasteiger partial charge in [0, 0.05) is 0 Å². The number of carbonyl (C=O) groups is 1. The van der Waals surface area contributed by atoms with Crippen LogP contribution in [0.1, 0.15) is 49.8 Å². The Bertz CT molecular complexity index is 435. The Hall–Kier alpha value is -1.17. The van der Waals surface area contributed by atoms with Crippen LogP contribution in [0.15, 0.2) is 0 Å². The van der Waals surface area contributed by atoms with Crippen LogP contribution in [0.2, 0.25) is 0 Å². The smallest absolute Gasteiger partial charge is 0.369 e. The van der Waals surface area contributed by atoms with Gasteiger partial charge in [0.15, 0.2) is 0 Å². The predicted octanol–water partition coefficient (Wildman–Crippen LogP) is 2.92. The molecule has 19 heavy (non-hydrogen) atoms. The number of esters is 1. The summed E-state index contributed by atoms with van der Waals surface area (Å²) in [5, 5.41) is 8.43. The fourth-order valence-electron chi connectivity index (χ4n) is 2.28. The molecule has 5 nitrogen and oxygen atoms in total. The van der Waals surface area contributed by atoms with Crippen molar-refractivity contribution in [3.05, 3.63) is 5.01 Å². The Labute approximate surface area is 117 Å². The van der Waals surface area contributed by atoms with E-state index in [-0.39, 0.29) is 11.1 Å². The average molecular weight is 284 g/mol. The lowest BCUT2D eigenvalue weighted by Crippen LogP contribution is -2.28. The Morgan fingerprint density at radius 2 is 2.11 bits per heavy atom. The molecule has 0 radical (unpaired) electrons. The molecule has 1 aromatic rings. The van der Waals surface area contributed by atoms with E-state index in [4.69, 9.17) is 9.47 Å². The van der Waals surface area contributed by atoms with E-state index in [9.17, 15) is 4.79 Å². The van der Waals surface area contributed by atoms with E-state index < -0.39 is 5.97 Å². The van der Waals surface area contributed by atoms with Gasteiger partial charge in [-0.1, -0.05) is 18.9 Å². The van der Waals surface area contributed by atoms with Gasteiger partial charge < -0.3 is 9.47 Å². The highest BCUT2D eigenvalue weighted by Crippen LogP contribution is 2.32. The SMILES string of the molecule is CCOC(=O)c1nnc(OC2CCC(C)C(C)C2)s1. The summed E-state index contributed by atoms with van der Waals surface area (Å²) in [6.45, 7) is 6.64. The summed E-state index contributed by atoms with van der Waals surface area (Å²) in [6.07, 6.45) is 3.44. The van der Waals surface area contributed by atoms with Crippen molar-refractivity contribution in [3.63, 3.8) is 0 Å². The molecular formula is C13H20N2O3S. The lowest BCUT2D eigenvalue weighted by molar-refractivity contribution is 0.0525. The maximum absolute atomic E-state index is 11.5. The third-order valence-corrected chi connectivity index (χ3v) is 4.47. The molecule has 0 bridgehead atoms. The fourth-order valence-corrected chi connectivity index (χ4v) is 2.94. The molecule has 106 valence electrons. The van der Waals surface area contributed by atoms with Gasteiger partial charge in [-0.3, -0.25) is 0 Å². The topological polar surface area (TPSA) is 61.3 Å². The molecule has 1 fully saturated rings. The number of carbonyl (C=O) groups excluding carboxylic acids is 1. The van der Waals surface area contributed by atoms with Crippen molar-refractivity contribution in [2.75, 3.05) is 6.61 Å². The number of hydrogen-bond acceptors (Lipinski definition) is 6. The highest BCUT2D eigenvalue weighted by atomic mass is 32.1. The second-order valence-electron chi connectivity index (χ2n) is 5.10. The molecule has 0 amide bonds. The lowest BCUT2D eigenvalue weighted by Gasteiger charge is -2.31. The van der Waals surface area contributed by atoms with Crippen molar-refractivity contribution < 1.29 is 14.3 Å². The molecule has 0 aromatic carbocycles. The monoisotopic (exact) mass is 284 g/mol. The number of rotatable bonds is 4. The summed E-state index contributed by atoms with van der Waals surface area (Å²) in [5.74, 6) is 0.987. The van der Waals surface area contributed by atoms with Crippen molar-refractivity contribution in [1.82, 2.24) is 10.2 Å². The second-order valence-corrected chi connectivity index (χ2v) is 6.04. The minimum Gasteiger partial charge on any atom is -0.466 e. The van der Waals surface area contributed by atoms with Gasteiger partial charge >= 0.3 is 5.97 Å². The van der Waals surface area contributed by atoms with E-state index in [0.717, 1.165) is 30.1 Å². The van der Waals surface area contributed by atoms with Crippen LogP contribution >= 0.6 is 11.3 Å². The fraction of sp³-hybridized carbons (Fsp3) is 0.769. The third kappa shape index (κ3) is 3.65. The van der Waals surface area contributed by atoms with Crippen molar-refractivity contribution in [2.45, 2.75) is 46.1 Å². The van der Waals surface area contributed by atoms with Crippen LogP contribution in [0.4, 0.5) is 0 Å². The molecule has 1 heterocycles. The van der Waals surface area contributed by atoms with Crippen molar-refractivity contribution in [2.24, 2.45) is 11.8 Å². The van der Waals surface area contributed by atoms with E-state index in [0.29, 0.717) is 17.7 Å². The van der Waals surface area contributed by atoms with Gasteiger partial charge in [0.05, 0.1) is 6.61 Å². The molecule has 6 heteroatoms. The number of nitrogens with zero attached hydrogens (tertiary/aromatic N) is 2. The zero-order chi connectivity index (χ0) is 13.8. The van der Waals surface area contributed by atoms with Crippen LogP contribution in [-0.4, -0.2) is 28.9 Å². The van der Waals surface area contributed by atoms with Crippen LogP contribution in [-0.2, 0) is 4.74 Å².